The van der Waals surface area contributed by atoms with Gasteiger partial charge in [0.15, 0.2) is 0 Å². The van der Waals surface area contributed by atoms with Crippen molar-refractivity contribution < 1.29 is 9.84 Å². The first-order valence-electron chi connectivity index (χ1n) is 7.11. The van der Waals surface area contributed by atoms with Crippen LogP contribution in [0.1, 0.15) is 53.4 Å². The lowest BCUT2D eigenvalue weighted by molar-refractivity contribution is -0.127. The molecule has 3 nitrogen and oxygen atoms in total. The summed E-state index contributed by atoms with van der Waals surface area (Å²) in [4.78, 5) is 0. The van der Waals surface area contributed by atoms with Crippen molar-refractivity contribution in [2.24, 2.45) is 5.41 Å². The number of ether oxygens (including phenoxy) is 1. The zero-order valence-electron chi connectivity index (χ0n) is 11.8. The Morgan fingerprint density at radius 3 is 2.65 bits per heavy atom. The molecule has 1 saturated carbocycles. The summed E-state index contributed by atoms with van der Waals surface area (Å²) in [6.07, 6.45) is 4.32. The van der Waals surface area contributed by atoms with E-state index in [-0.39, 0.29) is 11.5 Å². The minimum Gasteiger partial charge on any atom is -0.392 e. The SMILES string of the molecule is CCCC(O)CNC1CC(OCC)C1(C)CC. The van der Waals surface area contributed by atoms with E-state index < -0.39 is 0 Å². The third kappa shape index (κ3) is 3.43. The first-order chi connectivity index (χ1) is 8.08. The average Bonchev–Trinajstić information content (AvgIpc) is 2.32. The van der Waals surface area contributed by atoms with Crippen molar-refractivity contribution in [1.29, 1.82) is 0 Å². The Bertz CT molecular complexity index is 222. The van der Waals surface area contributed by atoms with Gasteiger partial charge in [-0.05, 0) is 26.2 Å². The molecule has 3 heteroatoms. The zero-order valence-corrected chi connectivity index (χ0v) is 11.8. The molecule has 1 rings (SSSR count). The van der Waals surface area contributed by atoms with Crippen molar-refractivity contribution in [3.8, 4) is 0 Å². The van der Waals surface area contributed by atoms with Gasteiger partial charge >= 0.3 is 0 Å². The predicted molar refractivity (Wildman–Crippen MR) is 71.1 cm³/mol. The average molecular weight is 243 g/mol. The van der Waals surface area contributed by atoms with Crippen LogP contribution in [-0.4, -0.2) is 36.5 Å². The van der Waals surface area contributed by atoms with E-state index in [0.29, 0.717) is 18.7 Å². The Labute approximate surface area is 106 Å². The summed E-state index contributed by atoms with van der Waals surface area (Å²) >= 11 is 0. The lowest BCUT2D eigenvalue weighted by Gasteiger charge is -2.54. The molecular formula is C14H29NO2. The van der Waals surface area contributed by atoms with Gasteiger partial charge in [0.2, 0.25) is 0 Å². The van der Waals surface area contributed by atoms with Gasteiger partial charge in [0.05, 0.1) is 12.2 Å². The molecule has 0 aliphatic heterocycles. The second kappa shape index (κ2) is 6.72. The summed E-state index contributed by atoms with van der Waals surface area (Å²) in [6.45, 7) is 10.2. The van der Waals surface area contributed by atoms with Crippen LogP contribution in [0.4, 0.5) is 0 Å². The fraction of sp³-hybridized carbons (Fsp3) is 1.00. The normalized spacial score (nSPS) is 34.4. The van der Waals surface area contributed by atoms with Crippen LogP contribution < -0.4 is 5.32 Å². The van der Waals surface area contributed by atoms with Crippen molar-refractivity contribution in [3.63, 3.8) is 0 Å². The maximum absolute atomic E-state index is 9.74. The Morgan fingerprint density at radius 1 is 1.41 bits per heavy atom. The largest absolute Gasteiger partial charge is 0.392 e. The molecule has 0 saturated heterocycles. The lowest BCUT2D eigenvalue weighted by atomic mass is 9.61. The molecule has 0 radical (unpaired) electrons. The monoisotopic (exact) mass is 243 g/mol. The molecule has 0 amide bonds. The van der Waals surface area contributed by atoms with Crippen molar-refractivity contribution >= 4 is 0 Å². The number of hydrogen-bond acceptors (Lipinski definition) is 3. The molecule has 17 heavy (non-hydrogen) atoms. The first-order valence-corrected chi connectivity index (χ1v) is 7.11. The maximum Gasteiger partial charge on any atom is 0.0664 e. The van der Waals surface area contributed by atoms with E-state index in [1.54, 1.807) is 0 Å². The molecule has 1 fully saturated rings. The smallest absolute Gasteiger partial charge is 0.0664 e. The predicted octanol–water partition coefficient (Wildman–Crippen LogP) is 2.33. The molecule has 0 bridgehead atoms. The van der Waals surface area contributed by atoms with E-state index in [4.69, 9.17) is 4.74 Å². The zero-order chi connectivity index (χ0) is 12.9. The highest BCUT2D eigenvalue weighted by Crippen LogP contribution is 2.45. The molecule has 1 aliphatic carbocycles. The van der Waals surface area contributed by atoms with Gasteiger partial charge < -0.3 is 15.2 Å². The first kappa shape index (κ1) is 14.9. The van der Waals surface area contributed by atoms with Crippen LogP contribution >= 0.6 is 0 Å². The quantitative estimate of drug-likeness (QED) is 0.687. The van der Waals surface area contributed by atoms with E-state index in [2.05, 4.69) is 33.0 Å². The van der Waals surface area contributed by atoms with Crippen molar-refractivity contribution in [2.45, 2.75) is 71.6 Å². The Morgan fingerprint density at radius 2 is 2.12 bits per heavy atom. The van der Waals surface area contributed by atoms with Crippen molar-refractivity contribution in [1.82, 2.24) is 5.32 Å². The van der Waals surface area contributed by atoms with Crippen molar-refractivity contribution in [3.05, 3.63) is 0 Å². The van der Waals surface area contributed by atoms with E-state index in [1.807, 2.05) is 0 Å². The molecule has 0 aromatic rings. The molecule has 1 aliphatic rings. The fourth-order valence-electron chi connectivity index (χ4n) is 2.78. The molecule has 4 atom stereocenters. The Hall–Kier alpha value is -0.120. The lowest BCUT2D eigenvalue weighted by Crippen LogP contribution is -2.62. The van der Waals surface area contributed by atoms with E-state index in [1.165, 1.54) is 0 Å². The summed E-state index contributed by atoms with van der Waals surface area (Å²) in [7, 11) is 0. The van der Waals surface area contributed by atoms with E-state index in [9.17, 15) is 5.11 Å². The van der Waals surface area contributed by atoms with Crippen LogP contribution in [0, 0.1) is 5.41 Å². The third-order valence-corrected chi connectivity index (χ3v) is 4.33. The standard InChI is InChI=1S/C14H29NO2/c1-5-8-11(16)10-15-12-9-13(17-7-3)14(12,4)6-2/h11-13,15-16H,5-10H2,1-4H3. The highest BCUT2D eigenvalue weighted by Gasteiger charge is 2.50. The highest BCUT2D eigenvalue weighted by molar-refractivity contribution is 5.04. The van der Waals surface area contributed by atoms with E-state index in [0.717, 1.165) is 32.3 Å². The summed E-state index contributed by atoms with van der Waals surface area (Å²) < 4.78 is 5.77. The summed E-state index contributed by atoms with van der Waals surface area (Å²) in [5.41, 5.74) is 0.238. The Kier molecular flexibility index (Phi) is 5.90. The molecule has 2 N–H and O–H groups in total. The van der Waals surface area contributed by atoms with Gasteiger partial charge in [0.1, 0.15) is 0 Å². The van der Waals surface area contributed by atoms with Crippen LogP contribution in [0.5, 0.6) is 0 Å². The second-order valence-corrected chi connectivity index (χ2v) is 5.44. The number of hydrogen-bond donors (Lipinski definition) is 2. The highest BCUT2D eigenvalue weighted by atomic mass is 16.5. The molecule has 4 unspecified atom stereocenters. The van der Waals surface area contributed by atoms with Crippen LogP contribution in [0.25, 0.3) is 0 Å². The molecule has 0 spiro atoms. The molecule has 0 heterocycles. The third-order valence-electron chi connectivity index (χ3n) is 4.33. The number of nitrogens with one attached hydrogen (secondary N) is 1. The van der Waals surface area contributed by atoms with Crippen molar-refractivity contribution in [2.75, 3.05) is 13.2 Å². The van der Waals surface area contributed by atoms with Crippen LogP contribution in [0.2, 0.25) is 0 Å². The number of aliphatic hydroxyl groups is 1. The summed E-state index contributed by atoms with van der Waals surface area (Å²) in [5, 5.41) is 13.2. The summed E-state index contributed by atoms with van der Waals surface area (Å²) in [6, 6.07) is 0.496. The summed E-state index contributed by atoms with van der Waals surface area (Å²) in [5.74, 6) is 0. The van der Waals surface area contributed by atoms with Gasteiger partial charge in [-0.1, -0.05) is 27.2 Å². The second-order valence-electron chi connectivity index (χ2n) is 5.44. The number of rotatable bonds is 8. The topological polar surface area (TPSA) is 41.5 Å². The molecular weight excluding hydrogens is 214 g/mol. The van der Waals surface area contributed by atoms with Gasteiger partial charge in [-0.15, -0.1) is 0 Å². The number of aliphatic hydroxyl groups excluding tert-OH is 1. The maximum atomic E-state index is 9.74. The van der Waals surface area contributed by atoms with Gasteiger partial charge in [-0.3, -0.25) is 0 Å². The minimum absolute atomic E-state index is 0.202. The van der Waals surface area contributed by atoms with Gasteiger partial charge in [0.25, 0.3) is 0 Å². The molecule has 0 aromatic carbocycles. The molecule has 102 valence electrons. The van der Waals surface area contributed by atoms with E-state index >= 15 is 0 Å². The van der Waals surface area contributed by atoms with Crippen LogP contribution in [-0.2, 0) is 4.74 Å². The van der Waals surface area contributed by atoms with Gasteiger partial charge in [-0.2, -0.15) is 0 Å². The fourth-order valence-corrected chi connectivity index (χ4v) is 2.78. The van der Waals surface area contributed by atoms with Crippen LogP contribution in [0.3, 0.4) is 0 Å². The molecule has 0 aromatic heterocycles. The minimum atomic E-state index is -0.202. The van der Waals surface area contributed by atoms with Crippen LogP contribution in [0.15, 0.2) is 0 Å². The Balaban J connectivity index is 2.35. The van der Waals surface area contributed by atoms with Gasteiger partial charge in [-0.25, -0.2) is 0 Å². The van der Waals surface area contributed by atoms with Gasteiger partial charge in [0, 0.05) is 24.6 Å².